The van der Waals surface area contributed by atoms with Gasteiger partial charge in [0.2, 0.25) is 5.13 Å². The molecule has 0 unspecified atom stereocenters. The zero-order valence-electron chi connectivity index (χ0n) is 7.81. The van der Waals surface area contributed by atoms with Crippen molar-refractivity contribution in [2.45, 2.75) is 13.8 Å². The Morgan fingerprint density at radius 2 is 2.38 bits per heavy atom. The van der Waals surface area contributed by atoms with Crippen LogP contribution in [0.5, 0.6) is 0 Å². The van der Waals surface area contributed by atoms with Crippen LogP contribution in [0.4, 0.5) is 5.13 Å². The summed E-state index contributed by atoms with van der Waals surface area (Å²) >= 11 is 1.34. The fourth-order valence-electron chi connectivity index (χ4n) is 0.788. The van der Waals surface area contributed by atoms with Crippen molar-refractivity contribution in [2.24, 2.45) is 0 Å². The fraction of sp³-hybridized carbons (Fsp3) is 0.375. The maximum absolute atomic E-state index is 11.6. The molecule has 1 aromatic rings. The molecule has 1 rings (SSSR count). The highest BCUT2D eigenvalue weighted by molar-refractivity contribution is 7.13. The molecule has 1 heterocycles. The summed E-state index contributed by atoms with van der Waals surface area (Å²) in [5, 5.41) is 8.08. The molecule has 1 amide bonds. The van der Waals surface area contributed by atoms with Crippen molar-refractivity contribution in [3.05, 3.63) is 17.2 Å². The van der Waals surface area contributed by atoms with Crippen LogP contribution in [0.2, 0.25) is 0 Å². The molecular formula is C8H11N3OS. The van der Waals surface area contributed by atoms with Crippen LogP contribution in [0.25, 0.3) is 0 Å². The Morgan fingerprint density at radius 3 is 2.85 bits per heavy atom. The monoisotopic (exact) mass is 197 g/mol. The van der Waals surface area contributed by atoms with E-state index in [0.29, 0.717) is 10.7 Å². The number of likely N-dealkylation sites (N-methyl/N-ethyl adjacent to an activating group) is 1. The molecule has 1 aromatic heterocycles. The van der Waals surface area contributed by atoms with E-state index in [2.05, 4.69) is 10.2 Å². The number of carbonyl (C=O) groups excluding carboxylic acids is 1. The van der Waals surface area contributed by atoms with Gasteiger partial charge in [-0.3, -0.25) is 9.69 Å². The van der Waals surface area contributed by atoms with Gasteiger partial charge in [-0.05, 0) is 13.8 Å². The molecule has 0 fully saturated rings. The maximum Gasteiger partial charge on any atom is 0.255 e. The van der Waals surface area contributed by atoms with Crippen molar-refractivity contribution < 1.29 is 4.79 Å². The van der Waals surface area contributed by atoms with E-state index < -0.39 is 0 Å². The lowest BCUT2D eigenvalue weighted by molar-refractivity contribution is -0.114. The number of nitrogens with zero attached hydrogens (tertiary/aromatic N) is 3. The summed E-state index contributed by atoms with van der Waals surface area (Å²) in [6.07, 6.45) is 1.78. The molecule has 70 valence electrons. The molecule has 0 aliphatic heterocycles. The predicted molar refractivity (Wildman–Crippen MR) is 52.8 cm³/mol. The zero-order chi connectivity index (χ0) is 9.84. The van der Waals surface area contributed by atoms with Crippen LogP contribution < -0.4 is 4.90 Å². The minimum absolute atomic E-state index is 0.0424. The van der Waals surface area contributed by atoms with E-state index in [-0.39, 0.29) is 5.91 Å². The molecule has 0 spiro atoms. The first-order valence-corrected chi connectivity index (χ1v) is 4.72. The summed E-state index contributed by atoms with van der Waals surface area (Å²) in [5.41, 5.74) is 2.31. The third-order valence-corrected chi connectivity index (χ3v) is 2.48. The number of hydrogen-bond acceptors (Lipinski definition) is 4. The molecular weight excluding hydrogens is 186 g/mol. The van der Waals surface area contributed by atoms with Crippen LogP contribution in [-0.2, 0) is 4.79 Å². The number of anilines is 1. The molecule has 4 nitrogen and oxygen atoms in total. The average molecular weight is 197 g/mol. The van der Waals surface area contributed by atoms with E-state index in [9.17, 15) is 4.79 Å². The topological polar surface area (TPSA) is 46.1 Å². The van der Waals surface area contributed by atoms with E-state index in [4.69, 9.17) is 0 Å². The summed E-state index contributed by atoms with van der Waals surface area (Å²) in [7, 11) is 1.69. The van der Waals surface area contributed by atoms with Gasteiger partial charge in [-0.2, -0.15) is 0 Å². The zero-order valence-corrected chi connectivity index (χ0v) is 8.63. The molecule has 0 saturated heterocycles. The lowest BCUT2D eigenvalue weighted by Crippen LogP contribution is -2.26. The standard InChI is InChI=1S/C8H11N3OS/c1-4-6(2)7(12)11(3)8-10-9-5-13-8/h4-5H,1-3H3/b6-4-. The normalized spacial score (nSPS) is 11.5. The summed E-state index contributed by atoms with van der Waals surface area (Å²) in [6.45, 7) is 3.61. The van der Waals surface area contributed by atoms with E-state index in [1.807, 2.05) is 6.92 Å². The minimum Gasteiger partial charge on any atom is -0.286 e. The van der Waals surface area contributed by atoms with Crippen LogP contribution in [0.15, 0.2) is 17.2 Å². The number of allylic oxidation sites excluding steroid dienone is 1. The molecule has 0 saturated carbocycles. The number of carbonyl (C=O) groups is 1. The summed E-state index contributed by atoms with van der Waals surface area (Å²) in [4.78, 5) is 13.1. The van der Waals surface area contributed by atoms with E-state index >= 15 is 0 Å². The quantitative estimate of drug-likeness (QED) is 0.674. The van der Waals surface area contributed by atoms with Gasteiger partial charge in [0.25, 0.3) is 5.91 Å². The Morgan fingerprint density at radius 1 is 1.69 bits per heavy atom. The van der Waals surface area contributed by atoms with Crippen molar-refractivity contribution in [2.75, 3.05) is 11.9 Å². The third-order valence-electron chi connectivity index (χ3n) is 1.71. The summed E-state index contributed by atoms with van der Waals surface area (Å²) in [6, 6.07) is 0. The molecule has 0 atom stereocenters. The molecule has 0 N–H and O–H groups in total. The van der Waals surface area contributed by atoms with Gasteiger partial charge in [0.05, 0.1) is 0 Å². The van der Waals surface area contributed by atoms with Crippen molar-refractivity contribution in [3.8, 4) is 0 Å². The van der Waals surface area contributed by atoms with Crippen LogP contribution in [-0.4, -0.2) is 23.2 Å². The van der Waals surface area contributed by atoms with Crippen LogP contribution in [0.3, 0.4) is 0 Å². The second kappa shape index (κ2) is 4.13. The van der Waals surface area contributed by atoms with Crippen molar-refractivity contribution in [1.29, 1.82) is 0 Å². The lowest BCUT2D eigenvalue weighted by atomic mass is 10.2. The molecule has 0 bridgehead atoms. The first-order valence-electron chi connectivity index (χ1n) is 3.84. The summed E-state index contributed by atoms with van der Waals surface area (Å²) in [5.74, 6) is -0.0424. The molecule has 0 aliphatic carbocycles. The highest BCUT2D eigenvalue weighted by Gasteiger charge is 2.14. The Hall–Kier alpha value is -1.23. The van der Waals surface area contributed by atoms with E-state index in [1.54, 1.807) is 25.6 Å². The molecule has 0 radical (unpaired) electrons. The van der Waals surface area contributed by atoms with Gasteiger partial charge >= 0.3 is 0 Å². The molecule has 5 heteroatoms. The van der Waals surface area contributed by atoms with Crippen LogP contribution in [0, 0.1) is 0 Å². The Kier molecular flexibility index (Phi) is 3.13. The molecule has 0 aromatic carbocycles. The van der Waals surface area contributed by atoms with Gasteiger partial charge < -0.3 is 0 Å². The van der Waals surface area contributed by atoms with Gasteiger partial charge in [-0.1, -0.05) is 17.4 Å². The maximum atomic E-state index is 11.6. The minimum atomic E-state index is -0.0424. The SMILES string of the molecule is C/C=C(/C)C(=O)N(C)c1nncs1. The Balaban J connectivity index is 2.80. The fourth-order valence-corrected chi connectivity index (χ4v) is 1.31. The van der Waals surface area contributed by atoms with Gasteiger partial charge in [0.15, 0.2) is 0 Å². The highest BCUT2D eigenvalue weighted by Crippen LogP contribution is 2.15. The second-order valence-corrected chi connectivity index (χ2v) is 3.37. The van der Waals surface area contributed by atoms with Crippen molar-refractivity contribution >= 4 is 22.4 Å². The first-order chi connectivity index (χ1) is 6.16. The largest absolute Gasteiger partial charge is 0.286 e. The molecule has 13 heavy (non-hydrogen) atoms. The smallest absolute Gasteiger partial charge is 0.255 e. The molecule has 0 aliphatic rings. The summed E-state index contributed by atoms with van der Waals surface area (Å²) < 4.78 is 0. The van der Waals surface area contributed by atoms with Gasteiger partial charge in [0, 0.05) is 12.6 Å². The average Bonchev–Trinajstić information content (AvgIpc) is 2.67. The Labute approximate surface area is 80.9 Å². The van der Waals surface area contributed by atoms with Crippen molar-refractivity contribution in [3.63, 3.8) is 0 Å². The third kappa shape index (κ3) is 2.12. The first kappa shape index (κ1) is 9.85. The van der Waals surface area contributed by atoms with Gasteiger partial charge in [-0.15, -0.1) is 10.2 Å². The number of amides is 1. The highest BCUT2D eigenvalue weighted by atomic mass is 32.1. The van der Waals surface area contributed by atoms with Gasteiger partial charge in [0.1, 0.15) is 5.51 Å². The lowest BCUT2D eigenvalue weighted by Gasteiger charge is -2.12. The Bertz CT molecular complexity index is 318. The number of rotatable bonds is 2. The number of hydrogen-bond donors (Lipinski definition) is 0. The van der Waals surface area contributed by atoms with Gasteiger partial charge in [-0.25, -0.2) is 0 Å². The van der Waals surface area contributed by atoms with Crippen LogP contribution >= 0.6 is 11.3 Å². The van der Waals surface area contributed by atoms with Crippen LogP contribution in [0.1, 0.15) is 13.8 Å². The van der Waals surface area contributed by atoms with E-state index in [0.717, 1.165) is 0 Å². The predicted octanol–water partition coefficient (Wildman–Crippen LogP) is 1.47. The van der Waals surface area contributed by atoms with E-state index in [1.165, 1.54) is 16.2 Å². The van der Waals surface area contributed by atoms with Crippen molar-refractivity contribution in [1.82, 2.24) is 10.2 Å². The number of aromatic nitrogens is 2. The second-order valence-electron chi connectivity index (χ2n) is 2.56.